The lowest BCUT2D eigenvalue weighted by Crippen LogP contribution is -2.16. The number of halogens is 1. The predicted molar refractivity (Wildman–Crippen MR) is 134 cm³/mol. The van der Waals surface area contributed by atoms with E-state index in [9.17, 15) is 19.7 Å². The zero-order valence-electron chi connectivity index (χ0n) is 18.9. The molecule has 0 saturated carbocycles. The van der Waals surface area contributed by atoms with Gasteiger partial charge in [-0.15, -0.1) is 0 Å². The fourth-order valence-electron chi connectivity index (χ4n) is 3.60. The second kappa shape index (κ2) is 12.5. The van der Waals surface area contributed by atoms with E-state index in [0.29, 0.717) is 35.3 Å². The summed E-state index contributed by atoms with van der Waals surface area (Å²) in [6, 6.07) is 23.2. The number of para-hydroxylation sites is 1. The molecule has 3 aromatic rings. The minimum atomic E-state index is -0.873. The molecule has 3 aromatic carbocycles. The third-order valence-corrected chi connectivity index (χ3v) is 5.38. The molecular formula is C29H29FO4. The maximum atomic E-state index is 13.8. The quantitative estimate of drug-likeness (QED) is 0.251. The average Bonchev–Trinajstić information content (AvgIpc) is 2.86. The predicted octanol–water partition coefficient (Wildman–Crippen LogP) is 5.77. The molecule has 0 aliphatic carbocycles. The highest BCUT2D eigenvalue weighted by Gasteiger charge is 2.16. The van der Waals surface area contributed by atoms with Gasteiger partial charge in [0.15, 0.2) is 11.6 Å². The van der Waals surface area contributed by atoms with Crippen molar-refractivity contribution < 1.29 is 24.4 Å². The first-order chi connectivity index (χ1) is 16.5. The van der Waals surface area contributed by atoms with Crippen LogP contribution in [0.1, 0.15) is 24.0 Å². The lowest BCUT2D eigenvalue weighted by molar-refractivity contribution is 0.200. The Morgan fingerprint density at radius 1 is 1.00 bits per heavy atom. The highest BCUT2D eigenvalue weighted by molar-refractivity contribution is 5.81. The van der Waals surface area contributed by atoms with E-state index in [2.05, 4.69) is 6.58 Å². The van der Waals surface area contributed by atoms with Crippen LogP contribution in [0.25, 0.3) is 11.6 Å². The zero-order valence-corrected chi connectivity index (χ0v) is 18.9. The lowest BCUT2D eigenvalue weighted by atomic mass is 9.93. The maximum Gasteiger partial charge on any atom is 0.165 e. The number of aromatic hydroxyl groups is 1. The number of phenols is 1. The Morgan fingerprint density at radius 3 is 2.32 bits per heavy atom. The number of rotatable bonds is 11. The number of phenolic OH excluding ortho intramolecular Hbond substituents is 1. The van der Waals surface area contributed by atoms with Crippen LogP contribution >= 0.6 is 0 Å². The Kier molecular flexibility index (Phi) is 9.21. The number of hydrogen-bond donors (Lipinski definition) is 3. The summed E-state index contributed by atoms with van der Waals surface area (Å²) in [5.41, 5.74) is 3.56. The monoisotopic (exact) mass is 460 g/mol. The Morgan fingerprint density at radius 2 is 1.68 bits per heavy atom. The SMILES string of the molecule is C=C(COc1ccccc1)/C(=C/CO)C(O)CC/C(=C/c1ccc(O)c(F)c1)c1ccccc1. The summed E-state index contributed by atoms with van der Waals surface area (Å²) in [4.78, 5) is 0. The molecule has 34 heavy (non-hydrogen) atoms. The first-order valence-corrected chi connectivity index (χ1v) is 11.1. The summed E-state index contributed by atoms with van der Waals surface area (Å²) in [5, 5.41) is 29.9. The maximum absolute atomic E-state index is 13.8. The van der Waals surface area contributed by atoms with E-state index >= 15 is 0 Å². The second-order valence-corrected chi connectivity index (χ2v) is 7.85. The molecule has 1 unspecified atom stereocenters. The third kappa shape index (κ3) is 7.17. The van der Waals surface area contributed by atoms with Crippen molar-refractivity contribution >= 4 is 11.6 Å². The van der Waals surface area contributed by atoms with Gasteiger partial charge >= 0.3 is 0 Å². The number of ether oxygens (including phenoxy) is 1. The normalized spacial score (nSPS) is 12.9. The summed E-state index contributed by atoms with van der Waals surface area (Å²) in [6.07, 6.45) is 3.36. The smallest absolute Gasteiger partial charge is 0.165 e. The van der Waals surface area contributed by atoms with E-state index in [4.69, 9.17) is 4.74 Å². The van der Waals surface area contributed by atoms with Crippen LogP contribution in [-0.2, 0) is 0 Å². The van der Waals surface area contributed by atoms with Crippen molar-refractivity contribution in [2.75, 3.05) is 13.2 Å². The molecule has 3 N–H and O–H groups in total. The molecule has 0 heterocycles. The summed E-state index contributed by atoms with van der Waals surface area (Å²) in [7, 11) is 0. The third-order valence-electron chi connectivity index (χ3n) is 5.38. The number of hydrogen-bond acceptors (Lipinski definition) is 4. The lowest BCUT2D eigenvalue weighted by Gasteiger charge is -2.19. The Balaban J connectivity index is 1.74. The van der Waals surface area contributed by atoms with Gasteiger partial charge in [-0.2, -0.15) is 0 Å². The fourth-order valence-corrected chi connectivity index (χ4v) is 3.60. The summed E-state index contributed by atoms with van der Waals surface area (Å²) in [6.45, 7) is 3.99. The van der Waals surface area contributed by atoms with Gasteiger partial charge in [-0.25, -0.2) is 4.39 Å². The second-order valence-electron chi connectivity index (χ2n) is 7.85. The van der Waals surface area contributed by atoms with Crippen molar-refractivity contribution in [3.05, 3.63) is 120 Å². The van der Waals surface area contributed by atoms with Crippen molar-refractivity contribution in [1.29, 1.82) is 0 Å². The molecule has 0 fully saturated rings. The van der Waals surface area contributed by atoms with Crippen LogP contribution in [0.15, 0.2) is 103 Å². The van der Waals surface area contributed by atoms with Crippen molar-refractivity contribution in [1.82, 2.24) is 0 Å². The summed E-state index contributed by atoms with van der Waals surface area (Å²) < 4.78 is 19.6. The number of allylic oxidation sites excluding steroid dienone is 1. The first-order valence-electron chi connectivity index (χ1n) is 11.1. The first kappa shape index (κ1) is 25.0. The van der Waals surface area contributed by atoms with Gasteiger partial charge in [0.05, 0.1) is 12.7 Å². The van der Waals surface area contributed by atoms with E-state index in [1.54, 1.807) is 12.1 Å². The molecule has 0 bridgehead atoms. The number of aliphatic hydroxyl groups is 2. The van der Waals surface area contributed by atoms with Crippen LogP contribution in [0.5, 0.6) is 11.5 Å². The van der Waals surface area contributed by atoms with Gasteiger partial charge in [-0.3, -0.25) is 0 Å². The van der Waals surface area contributed by atoms with Gasteiger partial charge in [0.2, 0.25) is 0 Å². The highest BCUT2D eigenvalue weighted by atomic mass is 19.1. The van der Waals surface area contributed by atoms with E-state index in [0.717, 1.165) is 11.1 Å². The van der Waals surface area contributed by atoms with Crippen LogP contribution in [-0.4, -0.2) is 34.6 Å². The van der Waals surface area contributed by atoms with Gasteiger partial charge in [-0.1, -0.05) is 73.3 Å². The van der Waals surface area contributed by atoms with Crippen LogP contribution < -0.4 is 4.74 Å². The van der Waals surface area contributed by atoms with Crippen molar-refractivity contribution in [3.63, 3.8) is 0 Å². The molecule has 0 aromatic heterocycles. The Hall–Kier alpha value is -3.67. The van der Waals surface area contributed by atoms with E-state index in [1.165, 1.54) is 12.1 Å². The van der Waals surface area contributed by atoms with Gasteiger partial charge in [0.25, 0.3) is 0 Å². The van der Waals surface area contributed by atoms with Crippen molar-refractivity contribution in [2.45, 2.75) is 18.9 Å². The van der Waals surface area contributed by atoms with Gasteiger partial charge in [-0.05, 0) is 65.0 Å². The van der Waals surface area contributed by atoms with Crippen LogP contribution in [0.3, 0.4) is 0 Å². The summed E-state index contributed by atoms with van der Waals surface area (Å²) >= 11 is 0. The van der Waals surface area contributed by atoms with Gasteiger partial charge in [0.1, 0.15) is 12.4 Å². The molecule has 4 nitrogen and oxygen atoms in total. The Labute approximate surface area is 199 Å². The van der Waals surface area contributed by atoms with Gasteiger partial charge in [0, 0.05) is 0 Å². The molecule has 0 aliphatic rings. The Bertz CT molecular complexity index is 1140. The molecule has 176 valence electrons. The molecule has 0 saturated heterocycles. The molecule has 0 radical (unpaired) electrons. The van der Waals surface area contributed by atoms with Crippen molar-refractivity contribution in [2.24, 2.45) is 0 Å². The van der Waals surface area contributed by atoms with E-state index in [1.807, 2.05) is 66.7 Å². The van der Waals surface area contributed by atoms with Crippen molar-refractivity contribution in [3.8, 4) is 11.5 Å². The number of aliphatic hydroxyl groups excluding tert-OH is 2. The minimum Gasteiger partial charge on any atom is -0.505 e. The summed E-state index contributed by atoms with van der Waals surface area (Å²) in [5.74, 6) is -0.398. The molecule has 3 rings (SSSR count). The molecule has 0 aliphatic heterocycles. The molecule has 1 atom stereocenters. The molecule has 0 amide bonds. The average molecular weight is 461 g/mol. The minimum absolute atomic E-state index is 0.182. The largest absolute Gasteiger partial charge is 0.505 e. The zero-order chi connectivity index (χ0) is 24.3. The molecular weight excluding hydrogens is 431 g/mol. The van der Waals surface area contributed by atoms with Gasteiger partial charge < -0.3 is 20.1 Å². The highest BCUT2D eigenvalue weighted by Crippen LogP contribution is 2.28. The topological polar surface area (TPSA) is 69.9 Å². The molecule has 0 spiro atoms. The van der Waals surface area contributed by atoms with Crippen LogP contribution in [0.4, 0.5) is 4.39 Å². The van der Waals surface area contributed by atoms with E-state index < -0.39 is 17.7 Å². The van der Waals surface area contributed by atoms with E-state index in [-0.39, 0.29) is 13.2 Å². The fraction of sp³-hybridized carbons (Fsp3) is 0.172. The van der Waals surface area contributed by atoms with Crippen LogP contribution in [0.2, 0.25) is 0 Å². The molecule has 5 heteroatoms. The van der Waals surface area contributed by atoms with Crippen LogP contribution in [0, 0.1) is 5.82 Å². The standard InChI is InChI=1S/C29H29FO4/c1-21(20-34-25-10-6-3-7-11-25)26(16-17-31)28(32)15-13-24(23-8-4-2-5-9-23)18-22-12-14-29(33)27(30)19-22/h2-12,14,16,18-19,28,31-33H,1,13,15,17,20H2/b24-18-,26-16-. The number of benzene rings is 3.